The first kappa shape index (κ1) is 14.5. The number of anilines is 2. The number of carbonyl (C=O) groups is 2. The van der Waals surface area contributed by atoms with E-state index in [9.17, 15) is 9.59 Å². The third-order valence-electron chi connectivity index (χ3n) is 2.63. The molecule has 21 heavy (non-hydrogen) atoms. The van der Waals surface area contributed by atoms with Crippen molar-refractivity contribution in [2.45, 2.75) is 6.92 Å². The van der Waals surface area contributed by atoms with Crippen molar-refractivity contribution in [3.05, 3.63) is 35.9 Å². The molecule has 0 aromatic carbocycles. The van der Waals surface area contributed by atoms with Gasteiger partial charge in [0, 0.05) is 13.1 Å². The van der Waals surface area contributed by atoms with Crippen LogP contribution in [0.5, 0.6) is 0 Å². The maximum Gasteiger partial charge on any atom is 0.272 e. The molecule has 0 fully saturated rings. The van der Waals surface area contributed by atoms with Crippen molar-refractivity contribution in [3.8, 4) is 0 Å². The van der Waals surface area contributed by atoms with E-state index in [1.807, 2.05) is 0 Å². The molecule has 0 saturated heterocycles. The van der Waals surface area contributed by atoms with Crippen molar-refractivity contribution < 1.29 is 14.1 Å². The van der Waals surface area contributed by atoms with Crippen LogP contribution in [-0.2, 0) is 4.79 Å². The van der Waals surface area contributed by atoms with Gasteiger partial charge in [-0.3, -0.25) is 9.59 Å². The molecule has 0 atom stereocenters. The fourth-order valence-electron chi connectivity index (χ4n) is 1.62. The first-order valence-electron chi connectivity index (χ1n) is 6.16. The van der Waals surface area contributed by atoms with E-state index in [-0.39, 0.29) is 24.1 Å². The summed E-state index contributed by atoms with van der Waals surface area (Å²) in [5.74, 6) is 0.140. The first-order valence-corrected chi connectivity index (χ1v) is 6.16. The molecule has 8 nitrogen and oxygen atoms in total. The van der Waals surface area contributed by atoms with Gasteiger partial charge in [0.05, 0.1) is 18.4 Å². The summed E-state index contributed by atoms with van der Waals surface area (Å²) in [5, 5.41) is 6.17. The molecule has 0 aliphatic carbocycles. The fraction of sp³-hybridized carbons (Fsp3) is 0.231. The normalized spacial score (nSPS) is 10.2. The zero-order chi connectivity index (χ0) is 15.4. The molecule has 2 rings (SSSR count). The molecule has 0 aliphatic rings. The third-order valence-corrected chi connectivity index (χ3v) is 2.63. The summed E-state index contributed by atoms with van der Waals surface area (Å²) in [6, 6.07) is 4.67. The number of pyridine rings is 1. The summed E-state index contributed by atoms with van der Waals surface area (Å²) in [7, 11) is 1.51. The highest BCUT2D eigenvalue weighted by Gasteiger charge is 2.16. The Morgan fingerprint density at radius 1 is 1.43 bits per heavy atom. The molecule has 0 aliphatic heterocycles. The zero-order valence-electron chi connectivity index (χ0n) is 11.7. The number of aryl methyl sites for hydroxylation is 1. The van der Waals surface area contributed by atoms with Gasteiger partial charge >= 0.3 is 0 Å². The van der Waals surface area contributed by atoms with Gasteiger partial charge in [-0.2, -0.15) is 0 Å². The van der Waals surface area contributed by atoms with Crippen molar-refractivity contribution in [1.82, 2.24) is 15.0 Å². The Balaban J connectivity index is 1.94. The minimum absolute atomic E-state index is 0.128. The second-order valence-corrected chi connectivity index (χ2v) is 4.51. The minimum Gasteiger partial charge on any atom is -0.397 e. The highest BCUT2D eigenvalue weighted by Crippen LogP contribution is 2.07. The molecular formula is C13H15N5O3. The number of hydrogen-bond acceptors (Lipinski definition) is 6. The summed E-state index contributed by atoms with van der Waals surface area (Å²) < 4.78 is 4.83. The highest BCUT2D eigenvalue weighted by atomic mass is 16.5. The first-order chi connectivity index (χ1) is 9.95. The molecule has 2 heterocycles. The topological polar surface area (TPSA) is 114 Å². The zero-order valence-corrected chi connectivity index (χ0v) is 11.7. The monoisotopic (exact) mass is 289 g/mol. The molecule has 2 aromatic heterocycles. The number of nitrogen functional groups attached to an aromatic ring is 1. The Hall–Kier alpha value is -2.90. The Morgan fingerprint density at radius 2 is 2.19 bits per heavy atom. The number of rotatable bonds is 4. The lowest BCUT2D eigenvalue weighted by molar-refractivity contribution is -0.116. The third kappa shape index (κ3) is 3.78. The van der Waals surface area contributed by atoms with Crippen molar-refractivity contribution in [3.63, 3.8) is 0 Å². The van der Waals surface area contributed by atoms with E-state index in [4.69, 9.17) is 10.3 Å². The average molecular weight is 289 g/mol. The fourth-order valence-corrected chi connectivity index (χ4v) is 1.62. The van der Waals surface area contributed by atoms with Crippen molar-refractivity contribution >= 4 is 23.3 Å². The van der Waals surface area contributed by atoms with Gasteiger partial charge in [-0.1, -0.05) is 5.16 Å². The van der Waals surface area contributed by atoms with Crippen molar-refractivity contribution in [2.24, 2.45) is 0 Å². The smallest absolute Gasteiger partial charge is 0.272 e. The number of carbonyl (C=O) groups excluding carboxylic acids is 2. The molecule has 110 valence electrons. The van der Waals surface area contributed by atoms with Gasteiger partial charge in [-0.25, -0.2) is 4.98 Å². The van der Waals surface area contributed by atoms with Crippen LogP contribution in [-0.4, -0.2) is 40.4 Å². The standard InChI is InChI=1S/C13H15N5O3/c1-8-5-11(17-21-8)16-12(19)7-18(2)13(20)10-4-3-9(14)6-15-10/h3-6H,7,14H2,1-2H3,(H,16,17,19). The van der Waals surface area contributed by atoms with Crippen LogP contribution in [0.25, 0.3) is 0 Å². The van der Waals surface area contributed by atoms with Crippen LogP contribution in [0.4, 0.5) is 11.5 Å². The summed E-state index contributed by atoms with van der Waals surface area (Å²) in [6.07, 6.45) is 1.39. The van der Waals surface area contributed by atoms with Crippen LogP contribution in [0.15, 0.2) is 28.9 Å². The Labute approximate surface area is 120 Å². The van der Waals surface area contributed by atoms with E-state index < -0.39 is 0 Å². The minimum atomic E-state index is -0.380. The molecule has 2 amide bonds. The largest absolute Gasteiger partial charge is 0.397 e. The number of hydrogen-bond donors (Lipinski definition) is 2. The molecule has 2 aromatic rings. The number of nitrogens with two attached hydrogens (primary N) is 1. The van der Waals surface area contributed by atoms with Gasteiger partial charge < -0.3 is 20.5 Å². The van der Waals surface area contributed by atoms with Crippen LogP contribution in [0, 0.1) is 6.92 Å². The van der Waals surface area contributed by atoms with Crippen molar-refractivity contribution in [1.29, 1.82) is 0 Å². The van der Waals surface area contributed by atoms with Gasteiger partial charge in [-0.15, -0.1) is 0 Å². The van der Waals surface area contributed by atoms with E-state index in [1.165, 1.54) is 24.2 Å². The maximum atomic E-state index is 12.1. The molecular weight excluding hydrogens is 274 g/mol. The lowest BCUT2D eigenvalue weighted by atomic mass is 10.3. The summed E-state index contributed by atoms with van der Waals surface area (Å²) in [4.78, 5) is 29.0. The van der Waals surface area contributed by atoms with Gasteiger partial charge in [0.25, 0.3) is 5.91 Å². The maximum absolute atomic E-state index is 12.1. The predicted octanol–water partition coefficient (Wildman–Crippen LogP) is 0.671. The second kappa shape index (κ2) is 6.04. The number of nitrogens with zero attached hydrogens (tertiary/aromatic N) is 3. The summed E-state index contributed by atoms with van der Waals surface area (Å²) >= 11 is 0. The van der Waals surface area contributed by atoms with E-state index in [2.05, 4.69) is 15.5 Å². The molecule has 0 radical (unpaired) electrons. The van der Waals surface area contributed by atoms with Crippen LogP contribution in [0.1, 0.15) is 16.2 Å². The quantitative estimate of drug-likeness (QED) is 0.855. The Bertz CT molecular complexity index is 650. The van der Waals surface area contributed by atoms with Gasteiger partial charge in [-0.05, 0) is 19.1 Å². The SMILES string of the molecule is Cc1cc(NC(=O)CN(C)C(=O)c2ccc(N)cn2)no1. The second-order valence-electron chi connectivity index (χ2n) is 4.51. The predicted molar refractivity (Wildman–Crippen MR) is 75.5 cm³/mol. The molecule has 8 heteroatoms. The van der Waals surface area contributed by atoms with Crippen LogP contribution >= 0.6 is 0 Å². The lowest BCUT2D eigenvalue weighted by Gasteiger charge is -2.15. The average Bonchev–Trinajstić information content (AvgIpc) is 2.83. The molecule has 0 unspecified atom stereocenters. The highest BCUT2D eigenvalue weighted by molar-refractivity contribution is 5.97. The molecule has 0 spiro atoms. The summed E-state index contributed by atoms with van der Waals surface area (Å²) in [6.45, 7) is 1.59. The Kier molecular flexibility index (Phi) is 4.17. The van der Waals surface area contributed by atoms with Gasteiger partial charge in [0.2, 0.25) is 5.91 Å². The lowest BCUT2D eigenvalue weighted by Crippen LogP contribution is -2.35. The van der Waals surface area contributed by atoms with E-state index in [0.29, 0.717) is 17.3 Å². The van der Waals surface area contributed by atoms with Crippen molar-refractivity contribution in [2.75, 3.05) is 24.6 Å². The van der Waals surface area contributed by atoms with Gasteiger partial charge in [0.1, 0.15) is 11.5 Å². The Morgan fingerprint density at radius 3 is 2.76 bits per heavy atom. The van der Waals surface area contributed by atoms with Crippen LogP contribution in [0.3, 0.4) is 0 Å². The molecule has 0 bridgehead atoms. The van der Waals surface area contributed by atoms with E-state index >= 15 is 0 Å². The van der Waals surface area contributed by atoms with Crippen LogP contribution < -0.4 is 11.1 Å². The van der Waals surface area contributed by atoms with E-state index in [0.717, 1.165) is 0 Å². The number of likely N-dealkylation sites (N-methyl/N-ethyl adjacent to an activating group) is 1. The van der Waals surface area contributed by atoms with Crippen LogP contribution in [0.2, 0.25) is 0 Å². The van der Waals surface area contributed by atoms with Gasteiger partial charge in [0.15, 0.2) is 5.82 Å². The number of aromatic nitrogens is 2. The molecule has 3 N–H and O–H groups in total. The summed E-state index contributed by atoms with van der Waals surface area (Å²) in [5.41, 5.74) is 6.19. The van der Waals surface area contributed by atoms with E-state index in [1.54, 1.807) is 19.1 Å². The number of nitrogens with one attached hydrogen (secondary N) is 1. The molecule has 0 saturated carbocycles. The number of amides is 2.